The quantitative estimate of drug-likeness (QED) is 0.151. The second kappa shape index (κ2) is 21.1. The molecule has 0 atom stereocenters. The Labute approximate surface area is 501 Å². The van der Waals surface area contributed by atoms with Gasteiger partial charge in [-0.15, -0.1) is 0 Å². The van der Waals surface area contributed by atoms with Crippen molar-refractivity contribution in [3.8, 4) is 113 Å². The van der Waals surface area contributed by atoms with E-state index in [9.17, 15) is 0 Å². The van der Waals surface area contributed by atoms with Crippen LogP contribution in [0, 0.1) is 0 Å². The second-order valence-corrected chi connectivity index (χ2v) is 23.4. The fraction of sp³-hybridized carbons (Fsp3) is 0.0750. The number of benzene rings is 12. The van der Waals surface area contributed by atoms with Crippen LogP contribution in [-0.4, -0.2) is 29.9 Å². The van der Waals surface area contributed by atoms with Crippen LogP contribution >= 0.6 is 0 Å². The number of rotatable bonds is 8. The Morgan fingerprint density at radius 1 is 0.209 bits per heavy atom. The van der Waals surface area contributed by atoms with Crippen LogP contribution in [0.25, 0.3) is 134 Å². The van der Waals surface area contributed by atoms with Gasteiger partial charge in [-0.3, -0.25) is 0 Å². The van der Waals surface area contributed by atoms with Crippen molar-refractivity contribution in [1.29, 1.82) is 0 Å². The van der Waals surface area contributed by atoms with Crippen molar-refractivity contribution < 1.29 is 0 Å². The van der Waals surface area contributed by atoms with Crippen molar-refractivity contribution >= 4 is 21.5 Å². The maximum Gasteiger partial charge on any atom is 0.164 e. The Kier molecular flexibility index (Phi) is 12.8. The van der Waals surface area contributed by atoms with Gasteiger partial charge >= 0.3 is 0 Å². The molecule has 14 aromatic rings. The summed E-state index contributed by atoms with van der Waals surface area (Å²) in [6, 6.07) is 98.0. The van der Waals surface area contributed by atoms with Gasteiger partial charge in [-0.05, 0) is 113 Å². The highest BCUT2D eigenvalue weighted by Gasteiger charge is 2.37. The first-order chi connectivity index (χ1) is 42.1. The van der Waals surface area contributed by atoms with E-state index < -0.39 is 0 Å². The lowest BCUT2D eigenvalue weighted by atomic mass is 9.82. The van der Waals surface area contributed by atoms with Gasteiger partial charge in [0.2, 0.25) is 0 Å². The minimum atomic E-state index is -0.0261. The van der Waals surface area contributed by atoms with Crippen LogP contribution < -0.4 is 0 Å². The second-order valence-electron chi connectivity index (χ2n) is 23.4. The van der Waals surface area contributed by atoms with Crippen LogP contribution in [0.1, 0.15) is 49.9 Å². The fourth-order valence-corrected chi connectivity index (χ4v) is 13.0. The Bertz CT molecular complexity index is 4810. The maximum atomic E-state index is 4.95. The summed E-state index contributed by atoms with van der Waals surface area (Å²) in [5.74, 6) is 3.98. The van der Waals surface area contributed by atoms with Gasteiger partial charge in [-0.25, -0.2) is 29.9 Å². The zero-order valence-electron chi connectivity index (χ0n) is 48.2. The van der Waals surface area contributed by atoms with E-state index >= 15 is 0 Å². The smallest absolute Gasteiger partial charge is 0.164 e. The molecule has 0 aliphatic heterocycles. The SMILES string of the molecule is CC1(C)c2ccccc2-c2c1ccc1cc(-c3cccc(-c4nc(-c5ccccc5)nc(-c5ccccc5)n4)c3)ccc21.CC1(C)c2ccccc2-c2c1ccc1ccc(-c3cccc(-c4nc(-c5ccccc5)nc(-c5ccccc5)n4)c3)cc21. The van der Waals surface area contributed by atoms with Gasteiger partial charge in [0.05, 0.1) is 0 Å². The molecule has 16 rings (SSSR count). The van der Waals surface area contributed by atoms with E-state index in [4.69, 9.17) is 29.9 Å². The minimum Gasteiger partial charge on any atom is -0.208 e. The molecule has 0 radical (unpaired) electrons. The van der Waals surface area contributed by atoms with E-state index in [1.54, 1.807) is 0 Å². The predicted molar refractivity (Wildman–Crippen MR) is 353 cm³/mol. The third-order valence-corrected chi connectivity index (χ3v) is 17.4. The van der Waals surface area contributed by atoms with E-state index in [0.717, 1.165) is 44.5 Å². The molecule has 2 aliphatic carbocycles. The monoisotopic (exact) mass is 1100 g/mol. The third kappa shape index (κ3) is 9.24. The fourth-order valence-electron chi connectivity index (χ4n) is 13.0. The van der Waals surface area contributed by atoms with Gasteiger partial charge < -0.3 is 0 Å². The number of hydrogen-bond acceptors (Lipinski definition) is 6. The molecular formula is C80H58N6. The Hall–Kier alpha value is -10.8. The molecule has 0 saturated carbocycles. The van der Waals surface area contributed by atoms with E-state index in [1.165, 1.54) is 77.2 Å². The molecule has 2 aliphatic rings. The minimum absolute atomic E-state index is 0.00509. The summed E-state index contributed by atoms with van der Waals surface area (Å²) in [7, 11) is 0. The highest BCUT2D eigenvalue weighted by atomic mass is 15.0. The molecule has 0 amide bonds. The number of fused-ring (bicyclic) bond motifs is 10. The zero-order chi connectivity index (χ0) is 57.9. The van der Waals surface area contributed by atoms with E-state index in [2.05, 4.69) is 185 Å². The molecular weight excluding hydrogens is 1040 g/mol. The van der Waals surface area contributed by atoms with Crippen molar-refractivity contribution in [3.05, 3.63) is 301 Å². The third-order valence-electron chi connectivity index (χ3n) is 17.4. The van der Waals surface area contributed by atoms with E-state index in [0.29, 0.717) is 34.9 Å². The average Bonchev–Trinajstić information content (AvgIpc) is 1.98. The van der Waals surface area contributed by atoms with Crippen molar-refractivity contribution in [2.45, 2.75) is 38.5 Å². The van der Waals surface area contributed by atoms with E-state index in [1.807, 2.05) is 121 Å². The summed E-state index contributed by atoms with van der Waals surface area (Å²) >= 11 is 0. The molecule has 6 heteroatoms. The number of aromatic nitrogens is 6. The average molecular weight is 1100 g/mol. The molecule has 408 valence electrons. The summed E-state index contributed by atoms with van der Waals surface area (Å²) in [6.45, 7) is 9.33. The first-order valence-corrected chi connectivity index (χ1v) is 29.4. The summed E-state index contributed by atoms with van der Waals surface area (Å²) < 4.78 is 0. The van der Waals surface area contributed by atoms with Crippen molar-refractivity contribution in [2.24, 2.45) is 0 Å². The number of nitrogens with zero attached hydrogens (tertiary/aromatic N) is 6. The van der Waals surface area contributed by atoms with Crippen LogP contribution in [0.2, 0.25) is 0 Å². The van der Waals surface area contributed by atoms with E-state index in [-0.39, 0.29) is 10.8 Å². The Morgan fingerprint density at radius 3 is 0.965 bits per heavy atom. The largest absolute Gasteiger partial charge is 0.208 e. The molecule has 86 heavy (non-hydrogen) atoms. The first-order valence-electron chi connectivity index (χ1n) is 29.4. The van der Waals surface area contributed by atoms with Crippen LogP contribution in [0.15, 0.2) is 279 Å². The molecule has 0 unspecified atom stereocenters. The van der Waals surface area contributed by atoms with Gasteiger partial charge in [0.15, 0.2) is 34.9 Å². The Morgan fingerprint density at radius 2 is 0.523 bits per heavy atom. The topological polar surface area (TPSA) is 77.3 Å². The summed E-state index contributed by atoms with van der Waals surface area (Å²) in [5, 5.41) is 5.08. The van der Waals surface area contributed by atoms with Crippen LogP contribution in [0.4, 0.5) is 0 Å². The molecule has 2 aromatic heterocycles. The normalized spacial score (nSPS) is 13.1. The van der Waals surface area contributed by atoms with Crippen LogP contribution in [0.3, 0.4) is 0 Å². The maximum absolute atomic E-state index is 4.95. The van der Waals surface area contributed by atoms with Gasteiger partial charge in [0.25, 0.3) is 0 Å². The van der Waals surface area contributed by atoms with Crippen LogP contribution in [-0.2, 0) is 10.8 Å². The molecule has 6 nitrogen and oxygen atoms in total. The molecule has 2 heterocycles. The molecule has 0 bridgehead atoms. The highest BCUT2D eigenvalue weighted by molar-refractivity contribution is 6.05. The summed E-state index contributed by atoms with van der Waals surface area (Å²) in [5.41, 5.74) is 21.3. The summed E-state index contributed by atoms with van der Waals surface area (Å²) in [4.78, 5) is 29.5. The lowest BCUT2D eigenvalue weighted by Gasteiger charge is -2.21. The standard InChI is InChI=1S/2C40H29N3/c1-40(2)34-19-10-9-18-33(34)36-32-22-20-29(24-30(32)21-23-35(36)40)28-16-11-17-31(25-28)39-42-37(26-12-5-3-6-13-26)41-38(43-39)27-14-7-4-8-15-27;1-40(2)34-19-10-9-18-32(34)36-33-25-30(21-20-26(33)22-23-35(36)40)29-16-11-17-31(24-29)39-42-37(27-12-5-3-6-13-27)41-38(43-39)28-14-7-4-8-15-28/h2*3-25H,1-2H3. The molecule has 0 N–H and O–H groups in total. The van der Waals surface area contributed by atoms with Gasteiger partial charge in [-0.2, -0.15) is 0 Å². The lowest BCUT2D eigenvalue weighted by Crippen LogP contribution is -2.14. The molecule has 0 fully saturated rings. The van der Waals surface area contributed by atoms with Gasteiger partial charge in [-0.1, -0.05) is 282 Å². The number of hydrogen-bond donors (Lipinski definition) is 0. The molecule has 0 spiro atoms. The van der Waals surface area contributed by atoms with Crippen molar-refractivity contribution in [2.75, 3.05) is 0 Å². The highest BCUT2D eigenvalue weighted by Crippen LogP contribution is 2.53. The Balaban J connectivity index is 0.000000145. The van der Waals surface area contributed by atoms with Gasteiger partial charge in [0.1, 0.15) is 0 Å². The van der Waals surface area contributed by atoms with Crippen molar-refractivity contribution in [3.63, 3.8) is 0 Å². The van der Waals surface area contributed by atoms with Crippen molar-refractivity contribution in [1.82, 2.24) is 29.9 Å². The molecule has 12 aromatic carbocycles. The predicted octanol–water partition coefficient (Wildman–Crippen LogP) is 20.0. The van der Waals surface area contributed by atoms with Gasteiger partial charge in [0, 0.05) is 44.2 Å². The summed E-state index contributed by atoms with van der Waals surface area (Å²) in [6.07, 6.45) is 0. The first kappa shape index (κ1) is 52.0. The zero-order valence-corrected chi connectivity index (χ0v) is 48.2. The molecule has 0 saturated heterocycles. The lowest BCUT2D eigenvalue weighted by molar-refractivity contribution is 0.660. The van der Waals surface area contributed by atoms with Crippen LogP contribution in [0.5, 0.6) is 0 Å².